The van der Waals surface area contributed by atoms with E-state index in [0.29, 0.717) is 23.4 Å². The van der Waals surface area contributed by atoms with Crippen molar-refractivity contribution in [1.82, 2.24) is 10.2 Å². The number of hydrogen-bond acceptors (Lipinski definition) is 1. The van der Waals surface area contributed by atoms with Gasteiger partial charge in [0, 0.05) is 23.6 Å². The van der Waals surface area contributed by atoms with Crippen molar-refractivity contribution in [3.8, 4) is 0 Å². The zero-order valence-electron chi connectivity index (χ0n) is 14.4. The summed E-state index contributed by atoms with van der Waals surface area (Å²) >= 11 is 3.45. The van der Waals surface area contributed by atoms with Gasteiger partial charge in [-0.3, -0.25) is 0 Å². The minimum Gasteiger partial charge on any atom is -0.338 e. The van der Waals surface area contributed by atoms with E-state index in [1.807, 2.05) is 12.1 Å². The number of likely N-dealkylation sites (tertiary alicyclic amines) is 1. The monoisotopic (exact) mass is 378 g/mol. The van der Waals surface area contributed by atoms with Crippen molar-refractivity contribution in [3.05, 3.63) is 34.3 Å². The number of nitrogens with zero attached hydrogens (tertiary/aromatic N) is 1. The largest absolute Gasteiger partial charge is 0.338 e. The molecule has 4 heteroatoms. The molecular weight excluding hydrogens is 352 g/mol. The Hall–Kier alpha value is -1.03. The van der Waals surface area contributed by atoms with Crippen LogP contribution in [0, 0.1) is 10.8 Å². The zero-order valence-corrected chi connectivity index (χ0v) is 15.9. The molecule has 2 aliphatic rings. The summed E-state index contributed by atoms with van der Waals surface area (Å²) in [5.74, 6) is 0. The van der Waals surface area contributed by atoms with Crippen molar-refractivity contribution in [2.24, 2.45) is 10.8 Å². The molecule has 1 aromatic rings. The van der Waals surface area contributed by atoms with Crippen LogP contribution in [0.5, 0.6) is 0 Å². The molecule has 2 atom stereocenters. The molecule has 2 fully saturated rings. The Morgan fingerprint density at radius 1 is 1.26 bits per heavy atom. The first-order chi connectivity index (χ1) is 10.8. The summed E-state index contributed by atoms with van der Waals surface area (Å²) in [4.78, 5) is 14.7. The van der Waals surface area contributed by atoms with Crippen LogP contribution in [0.25, 0.3) is 0 Å². The Morgan fingerprint density at radius 2 is 1.96 bits per heavy atom. The summed E-state index contributed by atoms with van der Waals surface area (Å²) in [5.41, 5.74) is 1.90. The van der Waals surface area contributed by atoms with Gasteiger partial charge in [-0.1, -0.05) is 48.8 Å². The minimum absolute atomic E-state index is 0.119. The number of urea groups is 1. The van der Waals surface area contributed by atoms with Crippen molar-refractivity contribution in [2.75, 3.05) is 13.1 Å². The maximum atomic E-state index is 12.6. The summed E-state index contributed by atoms with van der Waals surface area (Å²) < 4.78 is 1.09. The van der Waals surface area contributed by atoms with E-state index in [2.05, 4.69) is 59.1 Å². The van der Waals surface area contributed by atoms with Crippen LogP contribution in [-0.4, -0.2) is 30.1 Å². The molecule has 2 bridgehead atoms. The van der Waals surface area contributed by atoms with Crippen LogP contribution in [-0.2, 0) is 6.42 Å². The van der Waals surface area contributed by atoms with Crippen LogP contribution < -0.4 is 5.32 Å². The highest BCUT2D eigenvalue weighted by molar-refractivity contribution is 9.10. The third-order valence-electron chi connectivity index (χ3n) is 5.28. The van der Waals surface area contributed by atoms with Gasteiger partial charge in [0.1, 0.15) is 0 Å². The van der Waals surface area contributed by atoms with Gasteiger partial charge >= 0.3 is 6.03 Å². The Labute approximate surface area is 148 Å². The third kappa shape index (κ3) is 3.90. The number of fused-ring (bicyclic) bond motifs is 2. The van der Waals surface area contributed by atoms with E-state index in [4.69, 9.17) is 0 Å². The van der Waals surface area contributed by atoms with Crippen LogP contribution in [0.2, 0.25) is 0 Å². The van der Waals surface area contributed by atoms with E-state index in [1.165, 1.54) is 12.0 Å². The predicted octanol–water partition coefficient (Wildman–Crippen LogP) is 4.60. The summed E-state index contributed by atoms with van der Waals surface area (Å²) in [6.07, 6.45) is 4.39. The summed E-state index contributed by atoms with van der Waals surface area (Å²) in [5, 5.41) is 3.12. The fourth-order valence-corrected chi connectivity index (χ4v) is 5.03. The lowest BCUT2D eigenvalue weighted by molar-refractivity contribution is 0.129. The van der Waals surface area contributed by atoms with Gasteiger partial charge in [0.15, 0.2) is 0 Å². The van der Waals surface area contributed by atoms with Gasteiger partial charge in [-0.15, -0.1) is 0 Å². The molecular formula is C19H27BrN2O. The number of rotatable bonds is 3. The number of carbonyl (C=O) groups is 1. The number of benzene rings is 1. The quantitative estimate of drug-likeness (QED) is 0.818. The van der Waals surface area contributed by atoms with E-state index >= 15 is 0 Å². The molecule has 126 valence electrons. The molecule has 1 saturated carbocycles. The predicted molar refractivity (Wildman–Crippen MR) is 97.5 cm³/mol. The summed E-state index contributed by atoms with van der Waals surface area (Å²) in [7, 11) is 0. The summed E-state index contributed by atoms with van der Waals surface area (Å²) in [6, 6.07) is 8.82. The fraction of sp³-hybridized carbons (Fsp3) is 0.632. The topological polar surface area (TPSA) is 32.3 Å². The van der Waals surface area contributed by atoms with Gasteiger partial charge in [0.2, 0.25) is 0 Å². The molecule has 1 N–H and O–H groups in total. The highest BCUT2D eigenvalue weighted by Crippen LogP contribution is 2.52. The van der Waals surface area contributed by atoms with Crippen molar-refractivity contribution in [1.29, 1.82) is 0 Å². The Morgan fingerprint density at radius 3 is 2.65 bits per heavy atom. The zero-order chi connectivity index (χ0) is 16.7. The first-order valence-corrected chi connectivity index (χ1v) is 9.35. The number of nitrogens with one attached hydrogen (secondary N) is 1. The van der Waals surface area contributed by atoms with Gasteiger partial charge in [0.05, 0.1) is 0 Å². The second-order valence-corrected chi connectivity index (χ2v) is 9.37. The standard InChI is InChI=1S/C19H27BrN2O/c1-18(2)10-16-11-19(3,12-18)13-22(16)17(23)21-9-8-14-4-6-15(20)7-5-14/h4-7,16H,8-13H2,1-3H3,(H,21,23). The molecule has 2 unspecified atom stereocenters. The van der Waals surface area contributed by atoms with Gasteiger partial charge in [-0.25, -0.2) is 4.79 Å². The van der Waals surface area contributed by atoms with Gasteiger partial charge in [-0.05, 0) is 54.2 Å². The van der Waals surface area contributed by atoms with Gasteiger partial charge in [-0.2, -0.15) is 0 Å². The smallest absolute Gasteiger partial charge is 0.317 e. The molecule has 0 aromatic heterocycles. The number of halogens is 1. The molecule has 1 aromatic carbocycles. The molecule has 2 amide bonds. The van der Waals surface area contributed by atoms with Crippen molar-refractivity contribution >= 4 is 22.0 Å². The average molecular weight is 379 g/mol. The second-order valence-electron chi connectivity index (χ2n) is 8.45. The van der Waals surface area contributed by atoms with Crippen molar-refractivity contribution < 1.29 is 4.79 Å². The van der Waals surface area contributed by atoms with Crippen molar-refractivity contribution in [3.63, 3.8) is 0 Å². The third-order valence-corrected chi connectivity index (χ3v) is 5.81. The molecule has 23 heavy (non-hydrogen) atoms. The molecule has 0 radical (unpaired) electrons. The van der Waals surface area contributed by atoms with E-state index in [9.17, 15) is 4.79 Å². The fourth-order valence-electron chi connectivity index (χ4n) is 4.76. The SMILES string of the molecule is CC1(C)CC2CC(C)(CN2C(=O)NCCc2ccc(Br)cc2)C1. The lowest BCUT2D eigenvalue weighted by Gasteiger charge is -2.39. The average Bonchev–Trinajstić information content (AvgIpc) is 2.70. The van der Waals surface area contributed by atoms with E-state index in [1.54, 1.807) is 0 Å². The number of hydrogen-bond donors (Lipinski definition) is 1. The Balaban J connectivity index is 1.54. The highest BCUT2D eigenvalue weighted by Gasteiger charge is 2.50. The number of carbonyl (C=O) groups excluding carboxylic acids is 1. The summed E-state index contributed by atoms with van der Waals surface area (Å²) in [6.45, 7) is 8.63. The highest BCUT2D eigenvalue weighted by atomic mass is 79.9. The molecule has 1 aliphatic carbocycles. The van der Waals surface area contributed by atoms with Crippen molar-refractivity contribution in [2.45, 2.75) is 52.5 Å². The maximum Gasteiger partial charge on any atom is 0.317 e. The van der Waals surface area contributed by atoms with E-state index in [-0.39, 0.29) is 6.03 Å². The maximum absolute atomic E-state index is 12.6. The molecule has 1 heterocycles. The van der Waals surface area contributed by atoms with Gasteiger partial charge < -0.3 is 10.2 Å². The van der Waals surface area contributed by atoms with Crippen LogP contribution in [0.1, 0.15) is 45.6 Å². The van der Waals surface area contributed by atoms with Crippen LogP contribution in [0.4, 0.5) is 4.79 Å². The Kier molecular flexibility index (Phi) is 4.47. The van der Waals surface area contributed by atoms with Gasteiger partial charge in [0.25, 0.3) is 0 Å². The van der Waals surface area contributed by atoms with Crippen LogP contribution in [0.3, 0.4) is 0 Å². The molecule has 3 rings (SSSR count). The Bertz CT molecular complexity index is 584. The van der Waals surface area contributed by atoms with Crippen LogP contribution in [0.15, 0.2) is 28.7 Å². The molecule has 3 nitrogen and oxygen atoms in total. The molecule has 0 spiro atoms. The first kappa shape index (κ1) is 16.8. The van der Waals surface area contributed by atoms with Crippen LogP contribution >= 0.6 is 15.9 Å². The molecule has 1 aliphatic heterocycles. The number of amides is 2. The molecule has 1 saturated heterocycles. The van der Waals surface area contributed by atoms with E-state index < -0.39 is 0 Å². The lowest BCUT2D eigenvalue weighted by Crippen LogP contribution is -2.44. The lowest BCUT2D eigenvalue weighted by atomic mass is 9.65. The second kappa shape index (κ2) is 6.12. The van der Waals surface area contributed by atoms with E-state index in [0.717, 1.165) is 30.3 Å². The minimum atomic E-state index is 0.119. The normalized spacial score (nSPS) is 28.7. The first-order valence-electron chi connectivity index (χ1n) is 8.55.